The van der Waals surface area contributed by atoms with Gasteiger partial charge in [0.1, 0.15) is 11.4 Å². The third-order valence-corrected chi connectivity index (χ3v) is 5.11. The molecular formula is C14H23N3O. The molecule has 1 spiro atoms. The van der Waals surface area contributed by atoms with Gasteiger partial charge >= 0.3 is 6.03 Å². The highest BCUT2D eigenvalue weighted by molar-refractivity contribution is 6.08. The number of carbonyl (C=O) groups is 1. The lowest BCUT2D eigenvalue weighted by Crippen LogP contribution is -2.52. The van der Waals surface area contributed by atoms with E-state index in [1.165, 1.54) is 19.3 Å². The number of hydrogen-bond acceptors (Lipinski definition) is 2. The fourth-order valence-corrected chi connectivity index (χ4v) is 3.52. The van der Waals surface area contributed by atoms with Crippen molar-refractivity contribution in [3.05, 3.63) is 0 Å². The average molecular weight is 249 g/mol. The second-order valence-corrected chi connectivity index (χ2v) is 6.24. The minimum absolute atomic E-state index is 0.0261. The maximum Gasteiger partial charge on any atom is 0.323 e. The molecule has 0 unspecified atom stereocenters. The van der Waals surface area contributed by atoms with Gasteiger partial charge in [-0.2, -0.15) is 0 Å². The Morgan fingerprint density at radius 1 is 1.28 bits per heavy atom. The third-order valence-electron chi connectivity index (χ3n) is 5.11. The topological polar surface area (TPSA) is 56.2 Å². The van der Waals surface area contributed by atoms with Gasteiger partial charge in [0.05, 0.1) is 0 Å². The first-order valence-corrected chi connectivity index (χ1v) is 7.33. The van der Waals surface area contributed by atoms with Crippen LogP contribution in [0.5, 0.6) is 0 Å². The molecule has 1 heterocycles. The summed E-state index contributed by atoms with van der Waals surface area (Å²) in [5.41, 5.74) is -0.272. The molecule has 1 saturated heterocycles. The summed E-state index contributed by atoms with van der Waals surface area (Å²) >= 11 is 0. The van der Waals surface area contributed by atoms with Gasteiger partial charge in [0, 0.05) is 6.54 Å². The van der Waals surface area contributed by atoms with E-state index in [0.717, 1.165) is 38.1 Å². The maximum absolute atomic E-state index is 12.0. The molecule has 2 N–H and O–H groups in total. The van der Waals surface area contributed by atoms with Crippen molar-refractivity contribution in [1.29, 1.82) is 5.41 Å². The van der Waals surface area contributed by atoms with Gasteiger partial charge in [-0.3, -0.25) is 10.7 Å². The Balaban J connectivity index is 1.78. The minimum Gasteiger partial charge on any atom is -0.311 e. The summed E-state index contributed by atoms with van der Waals surface area (Å²) in [7, 11) is 0. The SMILES string of the molecule is CCC1CCC2(CC1)C(=N)NC(=O)N2CC1CC1. The van der Waals surface area contributed by atoms with E-state index in [1.807, 2.05) is 4.90 Å². The number of hydrogen-bond donors (Lipinski definition) is 2. The monoisotopic (exact) mass is 249 g/mol. The fraction of sp³-hybridized carbons (Fsp3) is 0.857. The smallest absolute Gasteiger partial charge is 0.311 e. The first kappa shape index (κ1) is 12.0. The number of nitrogens with zero attached hydrogens (tertiary/aromatic N) is 1. The number of rotatable bonds is 3. The van der Waals surface area contributed by atoms with Crippen molar-refractivity contribution in [1.82, 2.24) is 10.2 Å². The molecular weight excluding hydrogens is 226 g/mol. The van der Waals surface area contributed by atoms with Crippen LogP contribution in [-0.2, 0) is 0 Å². The van der Waals surface area contributed by atoms with E-state index in [9.17, 15) is 4.79 Å². The second-order valence-electron chi connectivity index (χ2n) is 6.24. The molecule has 2 saturated carbocycles. The highest BCUT2D eigenvalue weighted by Crippen LogP contribution is 2.42. The van der Waals surface area contributed by atoms with Crippen LogP contribution in [0.15, 0.2) is 0 Å². The van der Waals surface area contributed by atoms with Crippen LogP contribution in [-0.4, -0.2) is 28.9 Å². The van der Waals surface area contributed by atoms with Gasteiger partial charge in [0.15, 0.2) is 0 Å². The summed E-state index contributed by atoms with van der Waals surface area (Å²) in [6.45, 7) is 3.11. The first-order valence-electron chi connectivity index (χ1n) is 7.33. The van der Waals surface area contributed by atoms with Gasteiger partial charge in [-0.15, -0.1) is 0 Å². The Hall–Kier alpha value is -1.06. The molecule has 3 fully saturated rings. The van der Waals surface area contributed by atoms with Crippen molar-refractivity contribution in [3.63, 3.8) is 0 Å². The number of carbonyl (C=O) groups excluding carboxylic acids is 1. The molecule has 2 aliphatic carbocycles. The summed E-state index contributed by atoms with van der Waals surface area (Å²) in [5, 5.41) is 10.9. The number of nitrogens with one attached hydrogen (secondary N) is 2. The lowest BCUT2D eigenvalue weighted by atomic mass is 9.74. The lowest BCUT2D eigenvalue weighted by Gasteiger charge is -2.42. The normalized spacial score (nSPS) is 36.3. The van der Waals surface area contributed by atoms with Crippen molar-refractivity contribution in [2.24, 2.45) is 11.8 Å². The minimum atomic E-state index is -0.272. The van der Waals surface area contributed by atoms with Crippen LogP contribution >= 0.6 is 0 Å². The maximum atomic E-state index is 12.0. The van der Waals surface area contributed by atoms with Crippen molar-refractivity contribution < 1.29 is 4.79 Å². The average Bonchev–Trinajstić information content (AvgIpc) is 3.16. The summed E-state index contributed by atoms with van der Waals surface area (Å²) in [6, 6.07) is -0.0261. The number of amidine groups is 1. The van der Waals surface area contributed by atoms with Crippen molar-refractivity contribution in [2.75, 3.05) is 6.54 Å². The Morgan fingerprint density at radius 2 is 1.94 bits per heavy atom. The van der Waals surface area contributed by atoms with Gasteiger partial charge in [-0.25, -0.2) is 4.79 Å². The molecule has 4 nitrogen and oxygen atoms in total. The number of amides is 2. The molecule has 0 aromatic carbocycles. The van der Waals surface area contributed by atoms with E-state index in [2.05, 4.69) is 12.2 Å². The van der Waals surface area contributed by atoms with E-state index in [1.54, 1.807) is 0 Å². The van der Waals surface area contributed by atoms with E-state index < -0.39 is 0 Å². The molecule has 100 valence electrons. The Bertz CT molecular complexity index is 367. The van der Waals surface area contributed by atoms with Crippen LogP contribution in [0.2, 0.25) is 0 Å². The Labute approximate surface area is 109 Å². The van der Waals surface area contributed by atoms with Gasteiger partial charge in [-0.1, -0.05) is 13.3 Å². The summed E-state index contributed by atoms with van der Waals surface area (Å²) in [6.07, 6.45) is 8.03. The summed E-state index contributed by atoms with van der Waals surface area (Å²) in [5.74, 6) is 1.95. The Kier molecular flexibility index (Phi) is 2.83. The zero-order chi connectivity index (χ0) is 12.8. The second kappa shape index (κ2) is 4.25. The molecule has 3 aliphatic rings. The molecule has 2 amide bonds. The molecule has 0 aromatic rings. The van der Waals surface area contributed by atoms with Crippen LogP contribution in [0, 0.1) is 17.2 Å². The molecule has 3 rings (SSSR count). The summed E-state index contributed by atoms with van der Waals surface area (Å²) in [4.78, 5) is 14.0. The van der Waals surface area contributed by atoms with Crippen LogP contribution in [0.4, 0.5) is 4.79 Å². The van der Waals surface area contributed by atoms with Crippen LogP contribution in [0.3, 0.4) is 0 Å². The highest BCUT2D eigenvalue weighted by atomic mass is 16.2. The zero-order valence-corrected chi connectivity index (χ0v) is 11.2. The van der Waals surface area contributed by atoms with Crippen molar-refractivity contribution in [2.45, 2.75) is 57.4 Å². The molecule has 0 aromatic heterocycles. The predicted molar refractivity (Wildman–Crippen MR) is 70.7 cm³/mol. The highest BCUT2D eigenvalue weighted by Gasteiger charge is 2.52. The standard InChI is InChI=1S/C14H23N3O/c1-2-10-5-7-14(8-6-10)12(15)16-13(18)17(14)9-11-3-4-11/h10-11H,2-9H2,1H3,(H2,15,16,18). The summed E-state index contributed by atoms with van der Waals surface area (Å²) < 4.78 is 0. The molecule has 0 bridgehead atoms. The quantitative estimate of drug-likeness (QED) is 0.794. The van der Waals surface area contributed by atoms with E-state index >= 15 is 0 Å². The van der Waals surface area contributed by atoms with Gasteiger partial charge in [-0.05, 0) is 50.4 Å². The van der Waals surface area contributed by atoms with Crippen molar-refractivity contribution in [3.8, 4) is 0 Å². The molecule has 1 aliphatic heterocycles. The number of urea groups is 1. The van der Waals surface area contributed by atoms with Gasteiger partial charge in [0.2, 0.25) is 0 Å². The fourth-order valence-electron chi connectivity index (χ4n) is 3.52. The largest absolute Gasteiger partial charge is 0.323 e. The van der Waals surface area contributed by atoms with Gasteiger partial charge < -0.3 is 4.90 Å². The third kappa shape index (κ3) is 1.82. The molecule has 0 radical (unpaired) electrons. The molecule has 4 heteroatoms. The van der Waals surface area contributed by atoms with E-state index in [-0.39, 0.29) is 11.6 Å². The van der Waals surface area contributed by atoms with Gasteiger partial charge in [0.25, 0.3) is 0 Å². The zero-order valence-electron chi connectivity index (χ0n) is 11.2. The Morgan fingerprint density at radius 3 is 2.50 bits per heavy atom. The molecule has 18 heavy (non-hydrogen) atoms. The van der Waals surface area contributed by atoms with Crippen LogP contribution in [0.1, 0.15) is 51.9 Å². The van der Waals surface area contributed by atoms with Crippen molar-refractivity contribution >= 4 is 11.9 Å². The van der Waals surface area contributed by atoms with Crippen LogP contribution in [0.25, 0.3) is 0 Å². The van der Waals surface area contributed by atoms with Crippen LogP contribution < -0.4 is 5.32 Å². The lowest BCUT2D eigenvalue weighted by molar-refractivity contribution is 0.124. The molecule has 0 atom stereocenters. The van der Waals surface area contributed by atoms with E-state index in [4.69, 9.17) is 5.41 Å². The predicted octanol–water partition coefficient (Wildman–Crippen LogP) is 2.74. The van der Waals surface area contributed by atoms with E-state index in [0.29, 0.717) is 11.8 Å². The first-order chi connectivity index (χ1) is 8.65.